The average Bonchev–Trinajstić information content (AvgIpc) is 2.39. The Labute approximate surface area is 125 Å². The Balaban J connectivity index is 2.77. The third-order valence-corrected chi connectivity index (χ3v) is 3.30. The van der Waals surface area contributed by atoms with Crippen LogP contribution in [0.3, 0.4) is 0 Å². The van der Waals surface area contributed by atoms with E-state index in [0.29, 0.717) is 5.75 Å². The third kappa shape index (κ3) is 4.48. The molecular weight excluding hydrogens is 270 g/mol. The molecule has 1 aromatic carbocycles. The van der Waals surface area contributed by atoms with Gasteiger partial charge in [-0.05, 0) is 37.8 Å². The molecule has 0 aliphatic carbocycles. The Morgan fingerprint density at radius 1 is 1.14 bits per heavy atom. The van der Waals surface area contributed by atoms with Gasteiger partial charge >= 0.3 is 5.97 Å². The predicted octanol–water partition coefficient (Wildman–Crippen LogP) is 2.30. The number of benzene rings is 1. The Morgan fingerprint density at radius 3 is 2.10 bits per heavy atom. The highest BCUT2D eigenvalue weighted by molar-refractivity contribution is 5.86. The number of para-hydroxylation sites is 1. The topological polar surface area (TPSA) is 75.6 Å². The van der Waals surface area contributed by atoms with Crippen molar-refractivity contribution in [1.82, 2.24) is 5.32 Å². The monoisotopic (exact) mass is 293 g/mol. The molecule has 21 heavy (non-hydrogen) atoms. The van der Waals surface area contributed by atoms with E-state index in [1.54, 1.807) is 20.8 Å². The minimum absolute atomic E-state index is 0.196. The van der Waals surface area contributed by atoms with Crippen LogP contribution in [-0.2, 0) is 9.59 Å². The summed E-state index contributed by atoms with van der Waals surface area (Å²) in [5.74, 6) is -1.01. The van der Waals surface area contributed by atoms with E-state index in [9.17, 15) is 9.59 Å². The van der Waals surface area contributed by atoms with Gasteiger partial charge in [0.25, 0.3) is 5.91 Å². The molecule has 0 bridgehead atoms. The number of ether oxygens (including phenoxy) is 1. The van der Waals surface area contributed by atoms with Crippen LogP contribution in [0.5, 0.6) is 5.75 Å². The van der Waals surface area contributed by atoms with E-state index in [4.69, 9.17) is 9.84 Å². The summed E-state index contributed by atoms with van der Waals surface area (Å²) in [6.07, 6.45) is -0.759. The molecule has 1 amide bonds. The highest BCUT2D eigenvalue weighted by Gasteiger charge is 2.26. The quantitative estimate of drug-likeness (QED) is 0.844. The Morgan fingerprint density at radius 2 is 1.67 bits per heavy atom. The maximum absolute atomic E-state index is 12.1. The van der Waals surface area contributed by atoms with Crippen molar-refractivity contribution >= 4 is 11.9 Å². The molecule has 0 saturated heterocycles. The lowest BCUT2D eigenvalue weighted by molar-refractivity contribution is -0.144. The molecule has 0 radical (unpaired) electrons. The number of aliphatic carboxylic acids is 1. The zero-order valence-electron chi connectivity index (χ0n) is 13.1. The Hall–Kier alpha value is -2.04. The summed E-state index contributed by atoms with van der Waals surface area (Å²) in [4.78, 5) is 23.2. The fraction of sp³-hybridized carbons (Fsp3) is 0.500. The first-order valence-corrected chi connectivity index (χ1v) is 7.00. The largest absolute Gasteiger partial charge is 0.480 e. The lowest BCUT2D eigenvalue weighted by Gasteiger charge is -2.22. The smallest absolute Gasteiger partial charge is 0.326 e. The molecule has 2 atom stereocenters. The maximum Gasteiger partial charge on any atom is 0.326 e. The van der Waals surface area contributed by atoms with E-state index in [0.717, 1.165) is 11.1 Å². The van der Waals surface area contributed by atoms with E-state index in [2.05, 4.69) is 5.32 Å². The molecule has 116 valence electrons. The van der Waals surface area contributed by atoms with E-state index in [1.807, 2.05) is 32.0 Å². The minimum atomic E-state index is -1.04. The second kappa shape index (κ2) is 7.11. The molecule has 0 aliphatic heterocycles. The molecule has 0 spiro atoms. The molecule has 5 nitrogen and oxygen atoms in total. The second-order valence-corrected chi connectivity index (χ2v) is 5.55. The van der Waals surface area contributed by atoms with Crippen molar-refractivity contribution in [2.45, 2.75) is 46.8 Å². The average molecular weight is 293 g/mol. The number of hydrogen-bond donors (Lipinski definition) is 2. The van der Waals surface area contributed by atoms with E-state index < -0.39 is 24.0 Å². The highest BCUT2D eigenvalue weighted by atomic mass is 16.5. The Kier molecular flexibility index (Phi) is 5.76. The van der Waals surface area contributed by atoms with Crippen LogP contribution < -0.4 is 10.1 Å². The maximum atomic E-state index is 12.1. The third-order valence-electron chi connectivity index (χ3n) is 3.30. The standard InChI is InChI=1S/C16H23NO4/c1-9(2)13(16(19)20)17-15(18)12(5)21-14-10(3)7-6-8-11(14)4/h6-9,12-13H,1-5H3,(H,17,18)(H,19,20). The number of aryl methyl sites for hydroxylation is 2. The summed E-state index contributed by atoms with van der Waals surface area (Å²) >= 11 is 0. The van der Waals surface area contributed by atoms with Crippen molar-refractivity contribution in [2.75, 3.05) is 0 Å². The molecule has 0 fully saturated rings. The zero-order valence-corrected chi connectivity index (χ0v) is 13.1. The van der Waals surface area contributed by atoms with Crippen LogP contribution in [0.15, 0.2) is 18.2 Å². The van der Waals surface area contributed by atoms with Gasteiger partial charge in [-0.1, -0.05) is 32.0 Å². The normalized spacial score (nSPS) is 13.6. The molecule has 1 rings (SSSR count). The molecule has 5 heteroatoms. The summed E-state index contributed by atoms with van der Waals surface area (Å²) in [7, 11) is 0. The van der Waals surface area contributed by atoms with Crippen LogP contribution in [0.4, 0.5) is 0 Å². The number of carbonyl (C=O) groups is 2. The summed E-state index contributed by atoms with van der Waals surface area (Å²) in [5.41, 5.74) is 1.88. The van der Waals surface area contributed by atoms with E-state index in [1.165, 1.54) is 0 Å². The number of carboxylic acids is 1. The van der Waals surface area contributed by atoms with Gasteiger partial charge in [-0.3, -0.25) is 4.79 Å². The number of carboxylic acid groups (broad SMARTS) is 1. The minimum Gasteiger partial charge on any atom is -0.480 e. The van der Waals surface area contributed by atoms with E-state index in [-0.39, 0.29) is 5.92 Å². The lowest BCUT2D eigenvalue weighted by Crippen LogP contribution is -2.48. The first-order valence-electron chi connectivity index (χ1n) is 7.00. The molecular formula is C16H23NO4. The molecule has 0 heterocycles. The van der Waals surface area contributed by atoms with Gasteiger partial charge in [0.1, 0.15) is 11.8 Å². The van der Waals surface area contributed by atoms with Crippen molar-refractivity contribution in [2.24, 2.45) is 5.92 Å². The van der Waals surface area contributed by atoms with Crippen LogP contribution in [-0.4, -0.2) is 29.1 Å². The van der Waals surface area contributed by atoms with Crippen LogP contribution >= 0.6 is 0 Å². The van der Waals surface area contributed by atoms with Gasteiger partial charge < -0.3 is 15.2 Å². The zero-order chi connectivity index (χ0) is 16.2. The van der Waals surface area contributed by atoms with Gasteiger partial charge in [-0.2, -0.15) is 0 Å². The summed E-state index contributed by atoms with van der Waals surface area (Å²) in [6.45, 7) is 8.91. The van der Waals surface area contributed by atoms with Gasteiger partial charge in [0.2, 0.25) is 0 Å². The van der Waals surface area contributed by atoms with Crippen molar-refractivity contribution in [3.05, 3.63) is 29.3 Å². The van der Waals surface area contributed by atoms with Gasteiger partial charge in [-0.15, -0.1) is 0 Å². The fourth-order valence-corrected chi connectivity index (χ4v) is 2.00. The van der Waals surface area contributed by atoms with Crippen molar-refractivity contribution in [3.8, 4) is 5.75 Å². The number of amides is 1. The van der Waals surface area contributed by atoms with E-state index >= 15 is 0 Å². The number of rotatable bonds is 6. The molecule has 2 unspecified atom stereocenters. The summed E-state index contributed by atoms with van der Waals surface area (Å²) < 4.78 is 5.69. The van der Waals surface area contributed by atoms with Crippen LogP contribution in [0, 0.1) is 19.8 Å². The van der Waals surface area contributed by atoms with Crippen LogP contribution in [0.1, 0.15) is 31.9 Å². The number of nitrogens with one attached hydrogen (secondary N) is 1. The molecule has 1 aromatic rings. The highest BCUT2D eigenvalue weighted by Crippen LogP contribution is 2.23. The van der Waals surface area contributed by atoms with Crippen molar-refractivity contribution in [1.29, 1.82) is 0 Å². The second-order valence-electron chi connectivity index (χ2n) is 5.55. The first kappa shape index (κ1) is 17.0. The van der Waals surface area contributed by atoms with Gasteiger partial charge in [0, 0.05) is 0 Å². The van der Waals surface area contributed by atoms with Gasteiger partial charge in [0.15, 0.2) is 6.10 Å². The molecule has 0 saturated carbocycles. The van der Waals surface area contributed by atoms with Crippen molar-refractivity contribution < 1.29 is 19.4 Å². The molecule has 0 aliphatic rings. The van der Waals surface area contributed by atoms with Crippen LogP contribution in [0.2, 0.25) is 0 Å². The lowest BCUT2D eigenvalue weighted by atomic mass is 10.0. The van der Waals surface area contributed by atoms with Gasteiger partial charge in [-0.25, -0.2) is 4.79 Å². The molecule has 2 N–H and O–H groups in total. The van der Waals surface area contributed by atoms with Gasteiger partial charge in [0.05, 0.1) is 0 Å². The SMILES string of the molecule is Cc1cccc(C)c1OC(C)C(=O)NC(C(=O)O)C(C)C. The first-order chi connectivity index (χ1) is 9.73. The molecule has 0 aromatic heterocycles. The fourth-order valence-electron chi connectivity index (χ4n) is 2.00. The van der Waals surface area contributed by atoms with Crippen molar-refractivity contribution in [3.63, 3.8) is 0 Å². The summed E-state index contributed by atoms with van der Waals surface area (Å²) in [5, 5.41) is 11.6. The predicted molar refractivity (Wildman–Crippen MR) is 80.4 cm³/mol. The Bertz CT molecular complexity index is 505. The number of carbonyl (C=O) groups excluding carboxylic acids is 1. The number of hydrogen-bond acceptors (Lipinski definition) is 3. The van der Waals surface area contributed by atoms with Crippen LogP contribution in [0.25, 0.3) is 0 Å². The summed E-state index contributed by atoms with van der Waals surface area (Å²) in [6, 6.07) is 4.81.